The van der Waals surface area contributed by atoms with Crippen molar-refractivity contribution in [2.24, 2.45) is 0 Å². The van der Waals surface area contributed by atoms with Crippen molar-refractivity contribution in [3.8, 4) is 0 Å². The Hall–Kier alpha value is -2.75. The van der Waals surface area contributed by atoms with Gasteiger partial charge in [0, 0.05) is 12.8 Å². The highest BCUT2D eigenvalue weighted by Gasteiger charge is 2.21. The zero-order valence-corrected chi connectivity index (χ0v) is 40.0. The molecule has 0 aromatic rings. The maximum Gasteiger partial charge on any atom is 0.306 e. The van der Waals surface area contributed by atoms with E-state index in [-0.39, 0.29) is 38.6 Å². The monoisotopic (exact) mass is 860 g/mol. The number of unbranched alkanes of at least 4 members (excludes halogenated alkanes) is 22. The van der Waals surface area contributed by atoms with E-state index < -0.39 is 24.3 Å². The summed E-state index contributed by atoms with van der Waals surface area (Å²) in [5.74, 6) is -2.31. The average molecular weight is 860 g/mol. The normalized spacial score (nSPS) is 13.3. The topological polar surface area (TPSA) is 111 Å². The summed E-state index contributed by atoms with van der Waals surface area (Å²) >= 11 is 0. The Kier molecular flexibility index (Phi) is 41.9. The molecule has 61 heavy (non-hydrogen) atoms. The van der Waals surface area contributed by atoms with E-state index in [1.807, 2.05) is 21.1 Å². The SMILES string of the molecule is CCCCCC/C=C\CCCCCCCC(=O)OCC(COC(OCC[N+](C)(C)C)C(=O)[O-])OC(=O)CCCCCCCCCC/C=C\C/C=C\C/C=C\CCCCCCC. The molecule has 0 saturated heterocycles. The molecule has 2 atom stereocenters. The minimum atomic E-state index is -1.62. The molecule has 0 bridgehead atoms. The molecule has 9 nitrogen and oxygen atoms in total. The lowest BCUT2D eigenvalue weighted by Gasteiger charge is -2.26. The van der Waals surface area contributed by atoms with Crippen molar-refractivity contribution in [3.05, 3.63) is 48.6 Å². The third-order valence-electron chi connectivity index (χ3n) is 10.5. The lowest BCUT2D eigenvalue weighted by molar-refractivity contribution is -0.870. The van der Waals surface area contributed by atoms with Gasteiger partial charge in [0.25, 0.3) is 0 Å². The number of rotatable bonds is 45. The number of carbonyl (C=O) groups is 3. The molecule has 2 unspecified atom stereocenters. The predicted octanol–water partition coefficient (Wildman–Crippen LogP) is 12.2. The third kappa shape index (κ3) is 45.1. The van der Waals surface area contributed by atoms with Crippen LogP contribution in [-0.2, 0) is 33.3 Å². The molecular formula is C52H93NO8. The van der Waals surface area contributed by atoms with E-state index in [0.717, 1.165) is 77.0 Å². The first-order valence-electron chi connectivity index (χ1n) is 24.8. The van der Waals surface area contributed by atoms with E-state index in [2.05, 4.69) is 62.5 Å². The number of likely N-dealkylation sites (N-methyl/N-ethyl adjacent to an activating group) is 1. The Labute approximate surface area is 374 Å². The Morgan fingerprint density at radius 3 is 1.34 bits per heavy atom. The van der Waals surface area contributed by atoms with Gasteiger partial charge in [-0.05, 0) is 77.0 Å². The van der Waals surface area contributed by atoms with E-state index in [0.29, 0.717) is 17.4 Å². The van der Waals surface area contributed by atoms with Gasteiger partial charge >= 0.3 is 11.9 Å². The van der Waals surface area contributed by atoms with Crippen molar-refractivity contribution in [1.29, 1.82) is 0 Å². The molecule has 0 N–H and O–H groups in total. The van der Waals surface area contributed by atoms with Gasteiger partial charge < -0.3 is 33.3 Å². The summed E-state index contributed by atoms with van der Waals surface area (Å²) in [5, 5.41) is 11.7. The predicted molar refractivity (Wildman–Crippen MR) is 251 cm³/mol. The zero-order chi connectivity index (χ0) is 44.9. The molecular weight excluding hydrogens is 767 g/mol. The summed E-state index contributed by atoms with van der Waals surface area (Å²) in [5.41, 5.74) is 0. The van der Waals surface area contributed by atoms with Crippen LogP contribution in [0.5, 0.6) is 0 Å². The number of carboxylic acid groups (broad SMARTS) is 1. The molecule has 0 aliphatic rings. The van der Waals surface area contributed by atoms with Crippen molar-refractivity contribution < 1.29 is 42.9 Å². The number of nitrogens with zero attached hydrogens (tertiary/aromatic N) is 1. The summed E-state index contributed by atoms with van der Waals surface area (Å²) in [6, 6.07) is 0. The van der Waals surface area contributed by atoms with Crippen LogP contribution in [0.1, 0.15) is 206 Å². The smallest absolute Gasteiger partial charge is 0.306 e. The van der Waals surface area contributed by atoms with Gasteiger partial charge in [0.1, 0.15) is 13.2 Å². The van der Waals surface area contributed by atoms with Gasteiger partial charge in [-0.1, -0.05) is 165 Å². The van der Waals surface area contributed by atoms with Crippen molar-refractivity contribution in [1.82, 2.24) is 0 Å². The van der Waals surface area contributed by atoms with Crippen molar-refractivity contribution >= 4 is 17.9 Å². The van der Waals surface area contributed by atoms with Crippen LogP contribution in [0.3, 0.4) is 0 Å². The van der Waals surface area contributed by atoms with E-state index in [4.69, 9.17) is 18.9 Å². The maximum absolute atomic E-state index is 12.8. The summed E-state index contributed by atoms with van der Waals surface area (Å²) < 4.78 is 22.6. The highest BCUT2D eigenvalue weighted by Crippen LogP contribution is 2.14. The van der Waals surface area contributed by atoms with E-state index in [1.54, 1.807) is 0 Å². The fourth-order valence-electron chi connectivity index (χ4n) is 6.65. The van der Waals surface area contributed by atoms with Crippen molar-refractivity contribution in [2.75, 3.05) is 47.5 Å². The average Bonchev–Trinajstić information content (AvgIpc) is 3.22. The molecule has 0 spiro atoms. The summed E-state index contributed by atoms with van der Waals surface area (Å²) in [6.45, 7) is 4.69. The van der Waals surface area contributed by atoms with Crippen LogP contribution < -0.4 is 5.11 Å². The Morgan fingerprint density at radius 1 is 0.492 bits per heavy atom. The van der Waals surface area contributed by atoms with Gasteiger partial charge in [0.05, 0.1) is 40.3 Å². The summed E-state index contributed by atoms with van der Waals surface area (Å²) in [4.78, 5) is 37.0. The standard InChI is InChI=1S/C52H93NO8/c1-6-8-10-12-14-16-18-20-21-22-23-24-25-26-27-28-29-31-33-35-37-39-41-43-50(55)61-48(47-60-52(51(56)57)58-45-44-53(3,4)5)46-59-49(54)42-40-38-36-34-32-30-19-17-15-13-11-9-7-2/h17-20,22-23,25-26,48,52H,6-16,21,24,27-47H2,1-5H3/b19-17-,20-18-,23-22-,26-25-. The molecule has 354 valence electrons. The van der Waals surface area contributed by atoms with Crippen LogP contribution in [-0.4, -0.2) is 82.3 Å². The third-order valence-corrected chi connectivity index (χ3v) is 10.5. The second-order valence-electron chi connectivity index (χ2n) is 17.7. The minimum absolute atomic E-state index is 0.144. The molecule has 0 aliphatic carbocycles. The Bertz CT molecular complexity index is 1140. The van der Waals surface area contributed by atoms with Gasteiger partial charge in [-0.2, -0.15) is 0 Å². The van der Waals surface area contributed by atoms with Crippen molar-refractivity contribution in [3.63, 3.8) is 0 Å². The van der Waals surface area contributed by atoms with E-state index >= 15 is 0 Å². The molecule has 0 aliphatic heterocycles. The number of esters is 2. The Balaban J connectivity index is 4.36. The molecule has 0 heterocycles. The first kappa shape index (κ1) is 58.2. The lowest BCUT2D eigenvalue weighted by atomic mass is 10.1. The second kappa shape index (κ2) is 43.9. The number of hydrogen-bond acceptors (Lipinski definition) is 8. The number of allylic oxidation sites excluding steroid dienone is 8. The number of hydrogen-bond donors (Lipinski definition) is 0. The quantitative estimate of drug-likeness (QED) is 0.0196. The van der Waals surface area contributed by atoms with E-state index in [9.17, 15) is 19.5 Å². The van der Waals surface area contributed by atoms with Crippen LogP contribution in [0.2, 0.25) is 0 Å². The molecule has 0 fully saturated rings. The van der Waals surface area contributed by atoms with Gasteiger partial charge in [-0.25, -0.2) is 0 Å². The highest BCUT2D eigenvalue weighted by atomic mass is 16.7. The van der Waals surface area contributed by atoms with Gasteiger partial charge in [-0.15, -0.1) is 0 Å². The number of aliphatic carboxylic acids is 1. The fourth-order valence-corrected chi connectivity index (χ4v) is 6.65. The molecule has 0 saturated carbocycles. The molecule has 0 aromatic carbocycles. The maximum atomic E-state index is 12.8. The molecule has 0 aromatic heterocycles. The first-order valence-corrected chi connectivity index (χ1v) is 24.8. The largest absolute Gasteiger partial charge is 0.545 e. The molecule has 0 radical (unpaired) electrons. The van der Waals surface area contributed by atoms with Crippen LogP contribution in [0.15, 0.2) is 48.6 Å². The van der Waals surface area contributed by atoms with Crippen LogP contribution >= 0.6 is 0 Å². The molecule has 0 amide bonds. The zero-order valence-electron chi connectivity index (χ0n) is 40.0. The first-order chi connectivity index (χ1) is 29.6. The molecule has 0 rings (SSSR count). The minimum Gasteiger partial charge on any atom is -0.545 e. The highest BCUT2D eigenvalue weighted by molar-refractivity contribution is 5.70. The van der Waals surface area contributed by atoms with Crippen LogP contribution in [0.25, 0.3) is 0 Å². The Morgan fingerprint density at radius 2 is 0.885 bits per heavy atom. The number of carbonyl (C=O) groups excluding carboxylic acids is 3. The van der Waals surface area contributed by atoms with Crippen LogP contribution in [0, 0.1) is 0 Å². The lowest BCUT2D eigenvalue weighted by Crippen LogP contribution is -2.44. The van der Waals surface area contributed by atoms with Crippen LogP contribution in [0.4, 0.5) is 0 Å². The number of quaternary nitrogens is 1. The van der Waals surface area contributed by atoms with Crippen molar-refractivity contribution in [2.45, 2.75) is 219 Å². The van der Waals surface area contributed by atoms with E-state index in [1.165, 1.54) is 96.3 Å². The van der Waals surface area contributed by atoms with Gasteiger partial charge in [0.2, 0.25) is 0 Å². The summed E-state index contributed by atoms with van der Waals surface area (Å²) in [7, 11) is 5.90. The molecule has 9 heteroatoms. The fraction of sp³-hybridized carbons (Fsp3) is 0.788. The second-order valence-corrected chi connectivity index (χ2v) is 17.7. The van der Waals surface area contributed by atoms with Gasteiger partial charge in [0.15, 0.2) is 12.4 Å². The van der Waals surface area contributed by atoms with Gasteiger partial charge in [-0.3, -0.25) is 9.59 Å². The summed E-state index contributed by atoms with van der Waals surface area (Å²) in [6.07, 6.45) is 48.5. The number of ether oxygens (including phenoxy) is 4. The number of carboxylic acids is 1.